The number of hydrogen-bond donors (Lipinski definition) is 0. The molecule has 61 heavy (non-hydrogen) atoms. The third kappa shape index (κ3) is 4.61. The number of nitrogens with zero attached hydrogens (tertiary/aromatic N) is 2. The van der Waals surface area contributed by atoms with Gasteiger partial charge < -0.3 is 9.47 Å². The van der Waals surface area contributed by atoms with Crippen molar-refractivity contribution in [2.45, 2.75) is 24.7 Å². The molecule has 1 spiro atoms. The van der Waals surface area contributed by atoms with Crippen LogP contribution in [0.1, 0.15) is 47.2 Å². The van der Waals surface area contributed by atoms with Gasteiger partial charge in [-0.15, -0.1) is 0 Å². The van der Waals surface area contributed by atoms with E-state index in [1.165, 1.54) is 87.9 Å². The smallest absolute Gasteiger partial charge is 0.0756 e. The molecule has 2 unspecified atom stereocenters. The van der Waals surface area contributed by atoms with E-state index in [-0.39, 0.29) is 5.41 Å². The fourth-order valence-electron chi connectivity index (χ4n) is 11.4. The summed E-state index contributed by atoms with van der Waals surface area (Å²) in [5.41, 5.74) is 17.3. The van der Waals surface area contributed by atoms with E-state index in [1.807, 2.05) is 0 Å². The third-order valence-corrected chi connectivity index (χ3v) is 16.5. The van der Waals surface area contributed by atoms with Crippen molar-refractivity contribution in [3.8, 4) is 16.8 Å². The first-order valence-corrected chi connectivity index (χ1v) is 22.7. The van der Waals surface area contributed by atoms with Gasteiger partial charge in [0.1, 0.15) is 0 Å². The summed E-state index contributed by atoms with van der Waals surface area (Å²) in [5, 5.41) is 6.76. The van der Waals surface area contributed by atoms with Crippen molar-refractivity contribution in [3.63, 3.8) is 0 Å². The standard InChI is InChI=1S/C58H41N2P/c1-57(2)46-25-11-9-22-42(46)43-34-32-39(36-50(43)57)59(38-18-5-3-6-19-38)40-33-35-55-51(37-40)58(48-27-13-16-31-54(48)61(55)41-20-7-4-8-21-41)47-26-12-15-30-53(47)60-52-29-14-10-23-44(52)45-24-17-28-49(58)56(45)60/h3-37H,1-2H3. The maximum absolute atomic E-state index is 2.57. The van der Waals surface area contributed by atoms with E-state index in [0.717, 1.165) is 17.1 Å². The van der Waals surface area contributed by atoms with E-state index < -0.39 is 13.3 Å². The number of aromatic nitrogens is 1. The summed E-state index contributed by atoms with van der Waals surface area (Å²) >= 11 is 0. The highest BCUT2D eigenvalue weighted by atomic mass is 31.1. The maximum atomic E-state index is 2.57. The zero-order chi connectivity index (χ0) is 40.5. The highest BCUT2D eigenvalue weighted by Gasteiger charge is 2.51. The van der Waals surface area contributed by atoms with Gasteiger partial charge in [-0.25, -0.2) is 0 Å². The molecular formula is C58H41N2P. The maximum Gasteiger partial charge on any atom is 0.0756 e. The number of rotatable bonds is 4. The second-order valence-corrected chi connectivity index (χ2v) is 19.4. The van der Waals surface area contributed by atoms with Gasteiger partial charge in [0, 0.05) is 33.2 Å². The van der Waals surface area contributed by atoms with Gasteiger partial charge in [0.2, 0.25) is 0 Å². The third-order valence-electron chi connectivity index (χ3n) is 13.9. The van der Waals surface area contributed by atoms with Crippen molar-refractivity contribution in [2.24, 2.45) is 0 Å². The summed E-state index contributed by atoms with van der Waals surface area (Å²) in [5.74, 6) is 0. The molecule has 0 N–H and O–H groups in total. The molecule has 10 aromatic rings. The van der Waals surface area contributed by atoms with E-state index in [4.69, 9.17) is 0 Å². The molecule has 1 aliphatic carbocycles. The molecule has 13 rings (SSSR count). The molecule has 0 amide bonds. The van der Waals surface area contributed by atoms with E-state index in [0.29, 0.717) is 0 Å². The van der Waals surface area contributed by atoms with Gasteiger partial charge in [-0.2, -0.15) is 0 Å². The average molecular weight is 797 g/mol. The number of fused-ring (bicyclic) bond motifs is 14. The monoisotopic (exact) mass is 796 g/mol. The quantitative estimate of drug-likeness (QED) is 0.161. The van der Waals surface area contributed by atoms with E-state index >= 15 is 0 Å². The highest BCUT2D eigenvalue weighted by molar-refractivity contribution is 7.80. The zero-order valence-electron chi connectivity index (χ0n) is 34.0. The first kappa shape index (κ1) is 34.8. The lowest BCUT2D eigenvalue weighted by Gasteiger charge is -2.48. The summed E-state index contributed by atoms with van der Waals surface area (Å²) < 4.78 is 2.54. The normalized spacial score (nSPS) is 17.4. The van der Waals surface area contributed by atoms with Gasteiger partial charge in [0.15, 0.2) is 0 Å². The highest BCUT2D eigenvalue weighted by Crippen LogP contribution is 2.59. The fourth-order valence-corrected chi connectivity index (χ4v) is 14.1. The Morgan fingerprint density at radius 2 is 1.00 bits per heavy atom. The van der Waals surface area contributed by atoms with Crippen LogP contribution in [0.3, 0.4) is 0 Å². The summed E-state index contributed by atoms with van der Waals surface area (Å²) in [6.45, 7) is 4.75. The Hall–Kier alpha value is -6.99. The van der Waals surface area contributed by atoms with Gasteiger partial charge in [-0.3, -0.25) is 0 Å². The summed E-state index contributed by atoms with van der Waals surface area (Å²) in [7, 11) is -0.893. The van der Waals surface area contributed by atoms with Gasteiger partial charge in [0.25, 0.3) is 0 Å². The topological polar surface area (TPSA) is 8.17 Å². The Labute approximate surface area is 357 Å². The van der Waals surface area contributed by atoms with Gasteiger partial charge in [-0.1, -0.05) is 178 Å². The Morgan fingerprint density at radius 1 is 0.410 bits per heavy atom. The molecule has 0 fully saturated rings. The lowest BCUT2D eigenvalue weighted by molar-refractivity contribution is 0.660. The van der Waals surface area contributed by atoms with Crippen molar-refractivity contribution >= 4 is 62.7 Å². The first-order chi connectivity index (χ1) is 30.0. The predicted octanol–water partition coefficient (Wildman–Crippen LogP) is 13.3. The lowest BCUT2D eigenvalue weighted by Crippen LogP contribution is -2.47. The molecule has 2 aliphatic heterocycles. The molecule has 1 aromatic heterocycles. The summed E-state index contributed by atoms with van der Waals surface area (Å²) in [6, 6.07) is 80.3. The molecule has 2 nitrogen and oxygen atoms in total. The van der Waals surface area contributed by atoms with Gasteiger partial charge in [0.05, 0.1) is 22.1 Å². The number of anilines is 3. The van der Waals surface area contributed by atoms with E-state index in [1.54, 1.807) is 0 Å². The average Bonchev–Trinajstić information content (AvgIpc) is 3.77. The molecule has 3 heterocycles. The molecule has 0 bridgehead atoms. The molecule has 0 saturated heterocycles. The molecular weight excluding hydrogens is 756 g/mol. The lowest BCUT2D eigenvalue weighted by atomic mass is 9.62. The van der Waals surface area contributed by atoms with Crippen LogP contribution in [0.4, 0.5) is 17.1 Å². The van der Waals surface area contributed by atoms with Crippen molar-refractivity contribution in [1.82, 2.24) is 4.57 Å². The molecule has 0 saturated carbocycles. The van der Waals surface area contributed by atoms with Crippen LogP contribution in [0.15, 0.2) is 212 Å². The van der Waals surface area contributed by atoms with Crippen LogP contribution >= 0.6 is 7.92 Å². The van der Waals surface area contributed by atoms with Crippen molar-refractivity contribution in [3.05, 3.63) is 246 Å². The number of benzene rings is 9. The van der Waals surface area contributed by atoms with E-state index in [9.17, 15) is 0 Å². The van der Waals surface area contributed by atoms with Crippen LogP contribution in [0, 0.1) is 0 Å². The predicted molar refractivity (Wildman–Crippen MR) is 257 cm³/mol. The van der Waals surface area contributed by atoms with Crippen LogP contribution in [0.2, 0.25) is 0 Å². The molecule has 3 aliphatic rings. The van der Waals surface area contributed by atoms with Crippen molar-refractivity contribution < 1.29 is 0 Å². The number of para-hydroxylation sites is 4. The second-order valence-electron chi connectivity index (χ2n) is 17.3. The summed E-state index contributed by atoms with van der Waals surface area (Å²) in [4.78, 5) is 2.49. The van der Waals surface area contributed by atoms with Crippen LogP contribution in [0.25, 0.3) is 38.6 Å². The minimum Gasteiger partial charge on any atom is -0.310 e. The Morgan fingerprint density at radius 3 is 1.84 bits per heavy atom. The van der Waals surface area contributed by atoms with Crippen LogP contribution in [-0.4, -0.2) is 4.57 Å². The molecule has 3 heteroatoms. The number of hydrogen-bond acceptors (Lipinski definition) is 1. The van der Waals surface area contributed by atoms with Crippen LogP contribution in [-0.2, 0) is 10.8 Å². The first-order valence-electron chi connectivity index (χ1n) is 21.4. The van der Waals surface area contributed by atoms with Crippen molar-refractivity contribution in [2.75, 3.05) is 4.90 Å². The molecule has 9 aromatic carbocycles. The summed E-state index contributed by atoms with van der Waals surface area (Å²) in [6.07, 6.45) is 0. The van der Waals surface area contributed by atoms with Gasteiger partial charge >= 0.3 is 0 Å². The Bertz CT molecular complexity index is 3420. The minimum absolute atomic E-state index is 0.123. The van der Waals surface area contributed by atoms with Crippen LogP contribution in [0.5, 0.6) is 0 Å². The van der Waals surface area contributed by atoms with Crippen LogP contribution < -0.4 is 20.8 Å². The molecule has 288 valence electrons. The minimum atomic E-state index is -0.893. The molecule has 0 radical (unpaired) electrons. The second kappa shape index (κ2) is 12.8. The fraction of sp³-hybridized carbons (Fsp3) is 0.0690. The SMILES string of the molecule is CC1(C)c2ccccc2-c2ccc(N(c3ccccc3)c3ccc4c(c3)C3(c5ccccc5-n5c6ccccc6c6cccc3c65)c3ccccc3P4c3ccccc3)cc21. The van der Waals surface area contributed by atoms with Crippen molar-refractivity contribution in [1.29, 1.82) is 0 Å². The Kier molecular flexibility index (Phi) is 7.29. The largest absolute Gasteiger partial charge is 0.310 e. The zero-order valence-corrected chi connectivity index (χ0v) is 34.9. The van der Waals surface area contributed by atoms with Gasteiger partial charge in [-0.05, 0) is 117 Å². The van der Waals surface area contributed by atoms with E-state index in [2.05, 4.69) is 236 Å². The molecule has 2 atom stereocenters. The Balaban J connectivity index is 1.15.